The van der Waals surface area contributed by atoms with Gasteiger partial charge in [0.15, 0.2) is 5.16 Å². The van der Waals surface area contributed by atoms with Crippen LogP contribution in [0.15, 0.2) is 33.8 Å². The lowest BCUT2D eigenvalue weighted by Crippen LogP contribution is -2.03. The summed E-state index contributed by atoms with van der Waals surface area (Å²) in [4.78, 5) is 0. The highest BCUT2D eigenvalue weighted by atomic mass is 35.5. The van der Waals surface area contributed by atoms with E-state index in [0.717, 1.165) is 35.9 Å². The molecule has 0 aliphatic heterocycles. The second kappa shape index (κ2) is 7.81. The molecule has 0 saturated heterocycles. The third kappa shape index (κ3) is 3.62. The quantitative estimate of drug-likeness (QED) is 0.584. The van der Waals surface area contributed by atoms with E-state index in [1.54, 1.807) is 17.8 Å². The van der Waals surface area contributed by atoms with Crippen molar-refractivity contribution in [1.29, 1.82) is 0 Å². The molecule has 0 unspecified atom stereocenters. The first-order valence-electron chi connectivity index (χ1n) is 7.85. The first-order valence-corrected chi connectivity index (χ1v) is 9.21. The Kier molecular flexibility index (Phi) is 5.52. The predicted molar refractivity (Wildman–Crippen MR) is 94.0 cm³/mol. The first kappa shape index (κ1) is 17.0. The van der Waals surface area contributed by atoms with E-state index in [1.807, 2.05) is 18.2 Å². The standard InChI is InChI=1S/C16H18ClN5OS/c1-3-7-13-18-21-16(22(13)4-2)24-10-14-19-20-15(23-14)11-8-5-6-9-12(11)17/h5-6,8-9H,3-4,7,10H2,1-2H3. The van der Waals surface area contributed by atoms with Crippen LogP contribution in [-0.2, 0) is 18.7 Å². The highest BCUT2D eigenvalue weighted by Gasteiger charge is 2.14. The molecule has 8 heteroatoms. The second-order valence-electron chi connectivity index (χ2n) is 5.16. The number of thioether (sulfide) groups is 1. The fourth-order valence-electron chi connectivity index (χ4n) is 2.33. The van der Waals surface area contributed by atoms with Crippen molar-refractivity contribution in [2.75, 3.05) is 0 Å². The maximum absolute atomic E-state index is 6.16. The number of hydrogen-bond acceptors (Lipinski definition) is 6. The van der Waals surface area contributed by atoms with Gasteiger partial charge in [-0.3, -0.25) is 0 Å². The van der Waals surface area contributed by atoms with Crippen LogP contribution in [0.2, 0.25) is 5.02 Å². The van der Waals surface area contributed by atoms with Crippen molar-refractivity contribution in [1.82, 2.24) is 25.0 Å². The minimum Gasteiger partial charge on any atom is -0.420 e. The van der Waals surface area contributed by atoms with Gasteiger partial charge in [0.1, 0.15) is 5.82 Å². The summed E-state index contributed by atoms with van der Waals surface area (Å²) in [7, 11) is 0. The lowest BCUT2D eigenvalue weighted by molar-refractivity contribution is 0.528. The van der Waals surface area contributed by atoms with Gasteiger partial charge in [-0.05, 0) is 25.5 Å². The van der Waals surface area contributed by atoms with E-state index >= 15 is 0 Å². The van der Waals surface area contributed by atoms with Gasteiger partial charge >= 0.3 is 0 Å². The van der Waals surface area contributed by atoms with Crippen molar-refractivity contribution in [2.24, 2.45) is 0 Å². The Balaban J connectivity index is 1.71. The van der Waals surface area contributed by atoms with E-state index in [9.17, 15) is 0 Å². The summed E-state index contributed by atoms with van der Waals surface area (Å²) in [5.74, 6) is 2.53. The molecule has 3 rings (SSSR count). The summed E-state index contributed by atoms with van der Waals surface area (Å²) < 4.78 is 7.84. The zero-order chi connectivity index (χ0) is 16.9. The molecule has 126 valence electrons. The van der Waals surface area contributed by atoms with E-state index < -0.39 is 0 Å². The molecule has 1 aromatic carbocycles. The molecule has 6 nitrogen and oxygen atoms in total. The molecule has 0 atom stereocenters. The Morgan fingerprint density at radius 2 is 1.96 bits per heavy atom. The topological polar surface area (TPSA) is 69.6 Å². The second-order valence-corrected chi connectivity index (χ2v) is 6.51. The van der Waals surface area contributed by atoms with Crippen molar-refractivity contribution in [2.45, 2.75) is 44.1 Å². The molecule has 0 aliphatic carbocycles. The molecule has 0 N–H and O–H groups in total. The number of benzene rings is 1. The maximum atomic E-state index is 6.16. The number of hydrogen-bond donors (Lipinski definition) is 0. The summed E-state index contributed by atoms with van der Waals surface area (Å²) in [6.07, 6.45) is 1.98. The number of rotatable bonds is 7. The first-order chi connectivity index (χ1) is 11.7. The van der Waals surface area contributed by atoms with E-state index in [-0.39, 0.29) is 0 Å². The number of halogens is 1. The molecule has 0 spiro atoms. The van der Waals surface area contributed by atoms with Gasteiger partial charge in [0.05, 0.1) is 16.3 Å². The monoisotopic (exact) mass is 363 g/mol. The van der Waals surface area contributed by atoms with Crippen molar-refractivity contribution in [3.8, 4) is 11.5 Å². The minimum atomic E-state index is 0.430. The molecule has 0 radical (unpaired) electrons. The lowest BCUT2D eigenvalue weighted by atomic mass is 10.2. The van der Waals surface area contributed by atoms with Crippen LogP contribution in [0.4, 0.5) is 0 Å². The van der Waals surface area contributed by atoms with Gasteiger partial charge in [-0.15, -0.1) is 20.4 Å². The molecule has 24 heavy (non-hydrogen) atoms. The van der Waals surface area contributed by atoms with Crippen LogP contribution in [0.25, 0.3) is 11.5 Å². The Bertz CT molecular complexity index is 816. The van der Waals surface area contributed by atoms with Gasteiger partial charge in [0.25, 0.3) is 0 Å². The maximum Gasteiger partial charge on any atom is 0.249 e. The van der Waals surface area contributed by atoms with Gasteiger partial charge in [0, 0.05) is 13.0 Å². The van der Waals surface area contributed by atoms with Gasteiger partial charge in [0.2, 0.25) is 11.8 Å². The van der Waals surface area contributed by atoms with Crippen molar-refractivity contribution >= 4 is 23.4 Å². The van der Waals surface area contributed by atoms with Crippen LogP contribution in [0.5, 0.6) is 0 Å². The van der Waals surface area contributed by atoms with Crippen LogP contribution in [0, 0.1) is 0 Å². The van der Waals surface area contributed by atoms with Crippen molar-refractivity contribution in [3.05, 3.63) is 41.0 Å². The smallest absolute Gasteiger partial charge is 0.249 e. The third-order valence-electron chi connectivity index (χ3n) is 3.48. The zero-order valence-corrected chi connectivity index (χ0v) is 15.1. The Morgan fingerprint density at radius 3 is 2.71 bits per heavy atom. The van der Waals surface area contributed by atoms with Crippen LogP contribution in [0.3, 0.4) is 0 Å². The minimum absolute atomic E-state index is 0.430. The summed E-state index contributed by atoms with van der Waals surface area (Å²) in [6, 6.07) is 7.41. The van der Waals surface area contributed by atoms with Crippen LogP contribution < -0.4 is 0 Å². The average molecular weight is 364 g/mol. The lowest BCUT2D eigenvalue weighted by Gasteiger charge is -2.05. The summed E-state index contributed by atoms with van der Waals surface area (Å²) in [5, 5.41) is 18.2. The zero-order valence-electron chi connectivity index (χ0n) is 13.6. The summed E-state index contributed by atoms with van der Waals surface area (Å²) >= 11 is 7.70. The molecule has 0 aliphatic rings. The molecular weight excluding hydrogens is 346 g/mol. The number of nitrogens with zero attached hydrogens (tertiary/aromatic N) is 5. The van der Waals surface area contributed by atoms with E-state index in [1.165, 1.54) is 0 Å². The third-order valence-corrected chi connectivity index (χ3v) is 4.76. The molecule has 0 fully saturated rings. The van der Waals surface area contributed by atoms with Gasteiger partial charge in [-0.1, -0.05) is 42.4 Å². The van der Waals surface area contributed by atoms with Crippen LogP contribution in [0.1, 0.15) is 32.0 Å². The Hall–Kier alpha value is -1.86. The highest BCUT2D eigenvalue weighted by Crippen LogP contribution is 2.28. The average Bonchev–Trinajstić information content (AvgIpc) is 3.20. The van der Waals surface area contributed by atoms with Gasteiger partial charge < -0.3 is 8.98 Å². The van der Waals surface area contributed by atoms with Crippen LogP contribution in [-0.4, -0.2) is 25.0 Å². The summed E-state index contributed by atoms with van der Waals surface area (Å²) in [6.45, 7) is 5.07. The predicted octanol–water partition coefficient (Wildman–Crippen LogP) is 4.25. The molecule has 0 saturated carbocycles. The summed E-state index contributed by atoms with van der Waals surface area (Å²) in [5.41, 5.74) is 0.741. The molecular formula is C16H18ClN5OS. The molecule has 2 heterocycles. The van der Waals surface area contributed by atoms with Crippen molar-refractivity contribution < 1.29 is 4.42 Å². The van der Waals surface area contributed by atoms with Crippen molar-refractivity contribution in [3.63, 3.8) is 0 Å². The SMILES string of the molecule is CCCc1nnc(SCc2nnc(-c3ccccc3Cl)o2)n1CC. The Labute approximate surface area is 149 Å². The Morgan fingerprint density at radius 1 is 1.12 bits per heavy atom. The molecule has 3 aromatic rings. The van der Waals surface area contributed by atoms with Gasteiger partial charge in [-0.2, -0.15) is 0 Å². The van der Waals surface area contributed by atoms with E-state index in [4.69, 9.17) is 16.0 Å². The normalized spacial score (nSPS) is 11.1. The highest BCUT2D eigenvalue weighted by molar-refractivity contribution is 7.98. The fourth-order valence-corrected chi connectivity index (χ4v) is 3.41. The molecule has 2 aromatic heterocycles. The molecule has 0 bridgehead atoms. The van der Waals surface area contributed by atoms with E-state index in [2.05, 4.69) is 38.8 Å². The largest absolute Gasteiger partial charge is 0.420 e. The molecule has 0 amide bonds. The number of aromatic nitrogens is 5. The fraction of sp³-hybridized carbons (Fsp3) is 0.375. The van der Waals surface area contributed by atoms with Crippen LogP contribution >= 0.6 is 23.4 Å². The number of aryl methyl sites for hydroxylation is 1. The van der Waals surface area contributed by atoms with Gasteiger partial charge in [-0.25, -0.2) is 0 Å². The van der Waals surface area contributed by atoms with E-state index in [0.29, 0.717) is 22.6 Å².